The Kier molecular flexibility index (Phi) is 3.32. The maximum atomic E-state index is 10.1. The number of carboxylic acids is 1. The molecule has 0 aliphatic heterocycles. The SMILES string of the molecule is CC(O)[C@@H](C)[C@H](O)C(=O)O. The van der Waals surface area contributed by atoms with Crippen LogP contribution >= 0.6 is 0 Å². The van der Waals surface area contributed by atoms with E-state index in [0.29, 0.717) is 0 Å². The summed E-state index contributed by atoms with van der Waals surface area (Å²) < 4.78 is 0. The van der Waals surface area contributed by atoms with Crippen molar-refractivity contribution in [3.63, 3.8) is 0 Å². The van der Waals surface area contributed by atoms with E-state index in [2.05, 4.69) is 0 Å². The van der Waals surface area contributed by atoms with Gasteiger partial charge in [-0.25, -0.2) is 4.79 Å². The van der Waals surface area contributed by atoms with Crippen LogP contribution in [-0.4, -0.2) is 33.5 Å². The Morgan fingerprint density at radius 1 is 1.30 bits per heavy atom. The molecular weight excluding hydrogens is 136 g/mol. The molecule has 3 atom stereocenters. The van der Waals surface area contributed by atoms with Gasteiger partial charge in [-0.05, 0) is 6.92 Å². The van der Waals surface area contributed by atoms with Gasteiger partial charge in [0.25, 0.3) is 0 Å². The van der Waals surface area contributed by atoms with E-state index in [-0.39, 0.29) is 0 Å². The summed E-state index contributed by atoms with van der Waals surface area (Å²) in [5.74, 6) is -1.93. The molecule has 4 heteroatoms. The average Bonchev–Trinajstić information content (AvgIpc) is 1.84. The third kappa shape index (κ3) is 2.33. The van der Waals surface area contributed by atoms with Gasteiger partial charge in [-0.1, -0.05) is 6.92 Å². The van der Waals surface area contributed by atoms with Gasteiger partial charge in [0, 0.05) is 5.92 Å². The minimum Gasteiger partial charge on any atom is -0.479 e. The van der Waals surface area contributed by atoms with Crippen molar-refractivity contribution >= 4 is 5.97 Å². The lowest BCUT2D eigenvalue weighted by Crippen LogP contribution is -2.33. The number of aliphatic carboxylic acids is 1. The number of carbonyl (C=O) groups is 1. The first-order chi connectivity index (χ1) is 4.46. The van der Waals surface area contributed by atoms with Gasteiger partial charge in [-0.2, -0.15) is 0 Å². The first-order valence-corrected chi connectivity index (χ1v) is 3.05. The Balaban J connectivity index is 3.94. The van der Waals surface area contributed by atoms with Crippen LogP contribution in [0.15, 0.2) is 0 Å². The van der Waals surface area contributed by atoms with Gasteiger partial charge in [0.05, 0.1) is 6.10 Å². The summed E-state index contributed by atoms with van der Waals surface area (Å²) in [5.41, 5.74) is 0. The first-order valence-electron chi connectivity index (χ1n) is 3.05. The van der Waals surface area contributed by atoms with Crippen LogP contribution in [0.5, 0.6) is 0 Å². The molecule has 0 aromatic rings. The summed E-state index contributed by atoms with van der Waals surface area (Å²) >= 11 is 0. The zero-order valence-electron chi connectivity index (χ0n) is 5.98. The van der Waals surface area contributed by atoms with Crippen LogP contribution in [0.3, 0.4) is 0 Å². The molecular formula is C6H12O4. The highest BCUT2D eigenvalue weighted by Gasteiger charge is 2.24. The summed E-state index contributed by atoms with van der Waals surface area (Å²) in [5, 5.41) is 25.9. The molecule has 4 nitrogen and oxygen atoms in total. The summed E-state index contributed by atoms with van der Waals surface area (Å²) in [6.45, 7) is 2.92. The second-order valence-electron chi connectivity index (χ2n) is 2.38. The maximum Gasteiger partial charge on any atom is 0.332 e. The van der Waals surface area contributed by atoms with Gasteiger partial charge in [0.15, 0.2) is 6.10 Å². The van der Waals surface area contributed by atoms with Crippen LogP contribution in [0.4, 0.5) is 0 Å². The third-order valence-corrected chi connectivity index (χ3v) is 1.51. The quantitative estimate of drug-likeness (QED) is 0.501. The van der Waals surface area contributed by atoms with E-state index in [1.165, 1.54) is 13.8 Å². The highest BCUT2D eigenvalue weighted by atomic mass is 16.4. The molecule has 0 aliphatic carbocycles. The lowest BCUT2D eigenvalue weighted by molar-refractivity contribution is -0.151. The number of hydrogen-bond donors (Lipinski definition) is 3. The molecule has 3 N–H and O–H groups in total. The summed E-state index contributed by atoms with van der Waals surface area (Å²) in [7, 11) is 0. The van der Waals surface area contributed by atoms with Crippen LogP contribution in [0.1, 0.15) is 13.8 Å². The molecule has 0 fully saturated rings. The smallest absolute Gasteiger partial charge is 0.332 e. The molecule has 0 saturated heterocycles. The van der Waals surface area contributed by atoms with Crippen molar-refractivity contribution in [2.75, 3.05) is 0 Å². The lowest BCUT2D eigenvalue weighted by atomic mass is 10.00. The van der Waals surface area contributed by atoms with E-state index in [0.717, 1.165) is 0 Å². The van der Waals surface area contributed by atoms with E-state index in [4.69, 9.17) is 15.3 Å². The van der Waals surface area contributed by atoms with Gasteiger partial charge in [-0.3, -0.25) is 0 Å². The van der Waals surface area contributed by atoms with Gasteiger partial charge in [-0.15, -0.1) is 0 Å². The highest BCUT2D eigenvalue weighted by Crippen LogP contribution is 2.07. The molecule has 10 heavy (non-hydrogen) atoms. The van der Waals surface area contributed by atoms with Crippen LogP contribution < -0.4 is 0 Å². The van der Waals surface area contributed by atoms with Crippen LogP contribution in [0, 0.1) is 5.92 Å². The molecule has 0 heterocycles. The molecule has 0 aromatic heterocycles. The van der Waals surface area contributed by atoms with Gasteiger partial charge in [0.2, 0.25) is 0 Å². The second-order valence-corrected chi connectivity index (χ2v) is 2.38. The molecule has 0 aliphatic rings. The molecule has 0 radical (unpaired) electrons. The van der Waals surface area contributed by atoms with Crippen LogP contribution in [0.25, 0.3) is 0 Å². The summed E-state index contributed by atoms with van der Waals surface area (Å²) in [6.07, 6.45) is -2.27. The fourth-order valence-electron chi connectivity index (χ4n) is 0.489. The topological polar surface area (TPSA) is 77.8 Å². The Labute approximate surface area is 59.1 Å². The van der Waals surface area contributed by atoms with Crippen molar-refractivity contribution in [1.82, 2.24) is 0 Å². The molecule has 0 saturated carbocycles. The summed E-state index contributed by atoms with van der Waals surface area (Å²) in [4.78, 5) is 10.1. The van der Waals surface area contributed by atoms with Crippen molar-refractivity contribution < 1.29 is 20.1 Å². The monoisotopic (exact) mass is 148 g/mol. The number of hydrogen-bond acceptors (Lipinski definition) is 3. The van der Waals surface area contributed by atoms with E-state index < -0.39 is 24.1 Å². The number of aliphatic hydroxyl groups excluding tert-OH is 2. The van der Waals surface area contributed by atoms with Crippen LogP contribution in [-0.2, 0) is 4.79 Å². The van der Waals surface area contributed by atoms with Crippen molar-refractivity contribution in [2.45, 2.75) is 26.1 Å². The second kappa shape index (κ2) is 3.53. The zero-order chi connectivity index (χ0) is 8.31. The molecule has 0 bridgehead atoms. The largest absolute Gasteiger partial charge is 0.479 e. The Morgan fingerprint density at radius 2 is 1.70 bits per heavy atom. The van der Waals surface area contributed by atoms with E-state index in [1.807, 2.05) is 0 Å². The number of carboxylic acid groups (broad SMARTS) is 1. The highest BCUT2D eigenvalue weighted by molar-refractivity contribution is 5.72. The minimum absolute atomic E-state index is 0.627. The fraction of sp³-hybridized carbons (Fsp3) is 0.833. The first kappa shape index (κ1) is 9.39. The normalized spacial score (nSPS) is 19.6. The molecule has 1 unspecified atom stereocenters. The predicted molar refractivity (Wildman–Crippen MR) is 34.5 cm³/mol. The maximum absolute atomic E-state index is 10.1. The zero-order valence-corrected chi connectivity index (χ0v) is 5.98. The van der Waals surface area contributed by atoms with E-state index in [1.54, 1.807) is 0 Å². The molecule has 0 amide bonds. The van der Waals surface area contributed by atoms with Crippen molar-refractivity contribution in [3.05, 3.63) is 0 Å². The van der Waals surface area contributed by atoms with Crippen molar-refractivity contribution in [2.24, 2.45) is 5.92 Å². The molecule has 60 valence electrons. The molecule has 0 spiro atoms. The summed E-state index contributed by atoms with van der Waals surface area (Å²) in [6, 6.07) is 0. The minimum atomic E-state index is -1.47. The van der Waals surface area contributed by atoms with E-state index in [9.17, 15) is 4.79 Å². The van der Waals surface area contributed by atoms with Crippen molar-refractivity contribution in [3.8, 4) is 0 Å². The van der Waals surface area contributed by atoms with Gasteiger partial charge < -0.3 is 15.3 Å². The van der Waals surface area contributed by atoms with Crippen molar-refractivity contribution in [1.29, 1.82) is 0 Å². The number of rotatable bonds is 3. The van der Waals surface area contributed by atoms with Crippen LogP contribution in [0.2, 0.25) is 0 Å². The Hall–Kier alpha value is -0.610. The number of aliphatic hydroxyl groups is 2. The van der Waals surface area contributed by atoms with Gasteiger partial charge in [0.1, 0.15) is 0 Å². The standard InChI is InChI=1S/C6H12O4/c1-3(4(2)7)5(8)6(9)10/h3-5,7-8H,1-2H3,(H,9,10)/t3-,4?,5+/m1/s1. The third-order valence-electron chi connectivity index (χ3n) is 1.51. The molecule has 0 aromatic carbocycles. The van der Waals surface area contributed by atoms with Gasteiger partial charge >= 0.3 is 5.97 Å². The lowest BCUT2D eigenvalue weighted by Gasteiger charge is -2.16. The molecule has 0 rings (SSSR count). The average molecular weight is 148 g/mol. The van der Waals surface area contributed by atoms with E-state index >= 15 is 0 Å². The fourth-order valence-corrected chi connectivity index (χ4v) is 0.489. The Bertz CT molecular complexity index is 121. The predicted octanol–water partition coefficient (Wildman–Crippen LogP) is -0.551. The Morgan fingerprint density at radius 3 is 1.80 bits per heavy atom.